The number of ether oxygens (including phenoxy) is 1. The lowest BCUT2D eigenvalue weighted by atomic mass is 10.1. The highest BCUT2D eigenvalue weighted by molar-refractivity contribution is 5.46. The van der Waals surface area contributed by atoms with Gasteiger partial charge >= 0.3 is 0 Å². The lowest BCUT2D eigenvalue weighted by Gasteiger charge is -2.17. The highest BCUT2D eigenvalue weighted by Gasteiger charge is 2.30. The molecule has 17 heavy (non-hydrogen) atoms. The Labute approximate surface area is 101 Å². The second-order valence-corrected chi connectivity index (χ2v) is 4.38. The number of hydrogen-bond donors (Lipinski definition) is 1. The molecule has 0 aliphatic carbocycles. The number of nitrogens with zero attached hydrogens (tertiary/aromatic N) is 1. The average molecular weight is 238 g/mol. The SMILES string of the molecule is CCOc1ccc(NCC(C)(C)[N+](=O)[O-])cc1. The van der Waals surface area contributed by atoms with Crippen molar-refractivity contribution in [2.75, 3.05) is 18.5 Å². The number of rotatable bonds is 6. The molecule has 0 unspecified atom stereocenters. The van der Waals surface area contributed by atoms with Crippen LogP contribution in [0.1, 0.15) is 20.8 Å². The normalized spacial score (nSPS) is 11.0. The third-order valence-electron chi connectivity index (χ3n) is 2.38. The van der Waals surface area contributed by atoms with Crippen molar-refractivity contribution in [3.05, 3.63) is 34.4 Å². The summed E-state index contributed by atoms with van der Waals surface area (Å²) in [6.07, 6.45) is 0. The van der Waals surface area contributed by atoms with Crippen LogP contribution in [-0.4, -0.2) is 23.6 Å². The molecule has 1 N–H and O–H groups in total. The predicted octanol–water partition coefficient (Wildman–Crippen LogP) is 2.55. The van der Waals surface area contributed by atoms with E-state index < -0.39 is 5.54 Å². The van der Waals surface area contributed by atoms with Crippen LogP contribution in [0.2, 0.25) is 0 Å². The van der Waals surface area contributed by atoms with E-state index in [1.54, 1.807) is 13.8 Å². The minimum absolute atomic E-state index is 0.283. The van der Waals surface area contributed by atoms with Crippen LogP contribution in [0.3, 0.4) is 0 Å². The van der Waals surface area contributed by atoms with Gasteiger partial charge in [0.05, 0.1) is 13.2 Å². The number of benzene rings is 1. The molecule has 0 heterocycles. The summed E-state index contributed by atoms with van der Waals surface area (Å²) in [5.41, 5.74) is -0.123. The van der Waals surface area contributed by atoms with Crippen LogP contribution in [0.15, 0.2) is 24.3 Å². The summed E-state index contributed by atoms with van der Waals surface area (Å²) in [7, 11) is 0. The first-order chi connectivity index (χ1) is 7.95. The third kappa shape index (κ3) is 3.94. The highest BCUT2D eigenvalue weighted by atomic mass is 16.6. The van der Waals surface area contributed by atoms with Crippen LogP contribution in [0.5, 0.6) is 5.75 Å². The minimum atomic E-state index is -0.974. The standard InChI is InChI=1S/C12H18N2O3/c1-4-17-11-7-5-10(6-8-11)13-9-12(2,3)14(15)16/h5-8,13H,4,9H2,1-3H3. The Morgan fingerprint density at radius 1 is 1.35 bits per heavy atom. The van der Waals surface area contributed by atoms with Gasteiger partial charge in [0.25, 0.3) is 0 Å². The third-order valence-corrected chi connectivity index (χ3v) is 2.38. The van der Waals surface area contributed by atoms with E-state index in [9.17, 15) is 10.1 Å². The first-order valence-corrected chi connectivity index (χ1v) is 5.57. The van der Waals surface area contributed by atoms with Gasteiger partial charge in [0.1, 0.15) is 5.75 Å². The summed E-state index contributed by atoms with van der Waals surface area (Å²) in [5, 5.41) is 13.8. The zero-order chi connectivity index (χ0) is 12.9. The molecule has 0 bridgehead atoms. The molecular formula is C12H18N2O3. The molecule has 1 rings (SSSR count). The molecule has 0 aliphatic rings. The zero-order valence-electron chi connectivity index (χ0n) is 10.4. The van der Waals surface area contributed by atoms with Crippen molar-refractivity contribution in [1.29, 1.82) is 0 Å². The maximum atomic E-state index is 10.7. The van der Waals surface area contributed by atoms with Gasteiger partial charge in [-0.1, -0.05) is 0 Å². The van der Waals surface area contributed by atoms with Crippen molar-refractivity contribution in [2.24, 2.45) is 0 Å². The molecule has 0 amide bonds. The van der Waals surface area contributed by atoms with Gasteiger partial charge in [0.15, 0.2) is 0 Å². The van der Waals surface area contributed by atoms with E-state index in [-0.39, 0.29) is 11.5 Å². The molecule has 0 saturated carbocycles. The van der Waals surface area contributed by atoms with E-state index in [0.29, 0.717) is 6.61 Å². The van der Waals surface area contributed by atoms with Crippen LogP contribution in [-0.2, 0) is 0 Å². The summed E-state index contributed by atoms with van der Waals surface area (Å²) >= 11 is 0. The van der Waals surface area contributed by atoms with E-state index in [1.165, 1.54) is 0 Å². The largest absolute Gasteiger partial charge is 0.494 e. The van der Waals surface area contributed by atoms with Crippen LogP contribution in [0.25, 0.3) is 0 Å². The molecule has 1 aromatic rings. The van der Waals surface area contributed by atoms with E-state index in [2.05, 4.69) is 5.32 Å². The first-order valence-electron chi connectivity index (χ1n) is 5.57. The van der Waals surface area contributed by atoms with Crippen LogP contribution >= 0.6 is 0 Å². The highest BCUT2D eigenvalue weighted by Crippen LogP contribution is 2.17. The minimum Gasteiger partial charge on any atom is -0.494 e. The van der Waals surface area contributed by atoms with Gasteiger partial charge in [-0.15, -0.1) is 0 Å². The molecule has 94 valence electrons. The van der Waals surface area contributed by atoms with Gasteiger partial charge in [0.2, 0.25) is 5.54 Å². The van der Waals surface area contributed by atoms with Gasteiger partial charge in [-0.3, -0.25) is 10.1 Å². The van der Waals surface area contributed by atoms with E-state index in [0.717, 1.165) is 11.4 Å². The second kappa shape index (κ2) is 5.52. The van der Waals surface area contributed by atoms with E-state index >= 15 is 0 Å². The number of hydrogen-bond acceptors (Lipinski definition) is 4. The van der Waals surface area contributed by atoms with Crippen molar-refractivity contribution in [2.45, 2.75) is 26.3 Å². The fourth-order valence-electron chi connectivity index (χ4n) is 1.22. The Bertz CT molecular complexity index is 374. The zero-order valence-corrected chi connectivity index (χ0v) is 10.4. The molecule has 5 nitrogen and oxygen atoms in total. The average Bonchev–Trinajstić information content (AvgIpc) is 2.28. The maximum Gasteiger partial charge on any atom is 0.233 e. The lowest BCUT2D eigenvalue weighted by Crippen LogP contribution is -2.38. The molecule has 0 saturated heterocycles. The smallest absolute Gasteiger partial charge is 0.233 e. The fourth-order valence-corrected chi connectivity index (χ4v) is 1.22. The number of anilines is 1. The molecule has 0 spiro atoms. The van der Waals surface area contributed by atoms with Crippen molar-refractivity contribution in [3.63, 3.8) is 0 Å². The molecule has 0 aromatic heterocycles. The Kier molecular flexibility index (Phi) is 4.31. The van der Waals surface area contributed by atoms with Gasteiger partial charge in [-0.2, -0.15) is 0 Å². The van der Waals surface area contributed by atoms with Gasteiger partial charge < -0.3 is 10.1 Å². The summed E-state index contributed by atoms with van der Waals surface area (Å²) in [5.74, 6) is 0.798. The molecule has 5 heteroatoms. The first kappa shape index (κ1) is 13.3. The molecule has 0 radical (unpaired) electrons. The van der Waals surface area contributed by atoms with E-state index in [1.807, 2.05) is 31.2 Å². The Balaban J connectivity index is 2.55. The summed E-state index contributed by atoms with van der Waals surface area (Å²) in [6, 6.07) is 7.37. The Morgan fingerprint density at radius 3 is 2.41 bits per heavy atom. The number of nitro groups is 1. The van der Waals surface area contributed by atoms with Gasteiger partial charge in [-0.05, 0) is 31.2 Å². The molecule has 1 aromatic carbocycles. The summed E-state index contributed by atoms with van der Waals surface area (Å²) in [4.78, 5) is 10.4. The Morgan fingerprint density at radius 2 is 1.94 bits per heavy atom. The predicted molar refractivity (Wildman–Crippen MR) is 67.2 cm³/mol. The summed E-state index contributed by atoms with van der Waals surface area (Å²) < 4.78 is 5.31. The van der Waals surface area contributed by atoms with Crippen LogP contribution < -0.4 is 10.1 Å². The second-order valence-electron chi connectivity index (χ2n) is 4.38. The quantitative estimate of drug-likeness (QED) is 0.611. The molecule has 0 fully saturated rings. The summed E-state index contributed by atoms with van der Waals surface area (Å²) in [6.45, 7) is 6.02. The fraction of sp³-hybridized carbons (Fsp3) is 0.500. The Hall–Kier alpha value is -1.78. The van der Waals surface area contributed by atoms with E-state index in [4.69, 9.17) is 4.74 Å². The molecular weight excluding hydrogens is 220 g/mol. The van der Waals surface area contributed by atoms with Crippen LogP contribution in [0.4, 0.5) is 5.69 Å². The monoisotopic (exact) mass is 238 g/mol. The molecule has 0 atom stereocenters. The topological polar surface area (TPSA) is 64.4 Å². The number of nitrogens with one attached hydrogen (secondary N) is 1. The molecule has 0 aliphatic heterocycles. The van der Waals surface area contributed by atoms with Crippen molar-refractivity contribution >= 4 is 5.69 Å². The van der Waals surface area contributed by atoms with Gasteiger partial charge in [-0.25, -0.2) is 0 Å². The van der Waals surface area contributed by atoms with Crippen LogP contribution in [0, 0.1) is 10.1 Å². The van der Waals surface area contributed by atoms with Crippen molar-refractivity contribution in [3.8, 4) is 5.75 Å². The van der Waals surface area contributed by atoms with Crippen molar-refractivity contribution in [1.82, 2.24) is 0 Å². The van der Waals surface area contributed by atoms with Crippen molar-refractivity contribution < 1.29 is 9.66 Å². The lowest BCUT2D eigenvalue weighted by molar-refractivity contribution is -0.556. The van der Waals surface area contributed by atoms with Gasteiger partial charge in [0, 0.05) is 24.5 Å². The maximum absolute atomic E-state index is 10.7.